The minimum Gasteiger partial charge on any atom is -0.241 e. The van der Waals surface area contributed by atoms with Gasteiger partial charge in [0.1, 0.15) is 9.84 Å². The average Bonchev–Trinajstić information content (AvgIpc) is 2.55. The average molecular weight is 290 g/mol. The van der Waals surface area contributed by atoms with Gasteiger partial charge in [-0.05, 0) is 12.1 Å². The Kier molecular flexibility index (Phi) is 3.70. The van der Waals surface area contributed by atoms with Gasteiger partial charge in [-0.25, -0.2) is 13.4 Å². The van der Waals surface area contributed by atoms with Crippen LogP contribution in [0.1, 0.15) is 5.01 Å². The molecule has 1 aromatic carbocycles. The molecule has 2 rings (SSSR count). The van der Waals surface area contributed by atoms with E-state index in [2.05, 4.69) is 4.98 Å². The van der Waals surface area contributed by atoms with Crippen LogP contribution in [0.4, 0.5) is 0 Å². The van der Waals surface area contributed by atoms with E-state index in [0.29, 0.717) is 6.42 Å². The van der Waals surface area contributed by atoms with Crippen molar-refractivity contribution >= 4 is 43.0 Å². The molecule has 0 N–H and O–H groups in total. The summed E-state index contributed by atoms with van der Waals surface area (Å²) in [6.07, 6.45) is 1.69. The number of fused-ring (bicyclic) bond motifs is 1. The maximum absolute atomic E-state index is 11.1. The first-order valence-electron chi connectivity index (χ1n) is 5.10. The molecule has 17 heavy (non-hydrogen) atoms. The highest BCUT2D eigenvalue weighted by atomic mass is 35.5. The maximum atomic E-state index is 11.1. The molecule has 2 aromatic rings. The molecule has 0 aliphatic carbocycles. The molecule has 0 bridgehead atoms. The number of hydrogen-bond acceptors (Lipinski definition) is 4. The Balaban J connectivity index is 2.13. The predicted octanol–water partition coefficient (Wildman–Crippen LogP) is 2.49. The van der Waals surface area contributed by atoms with Crippen LogP contribution < -0.4 is 0 Å². The summed E-state index contributed by atoms with van der Waals surface area (Å²) in [4.78, 5) is 4.42. The minimum atomic E-state index is -3.03. The fourth-order valence-electron chi connectivity index (χ4n) is 1.58. The number of alkyl halides is 1. The van der Waals surface area contributed by atoms with Crippen LogP contribution in [0.25, 0.3) is 10.2 Å². The minimum absolute atomic E-state index is 0.00944. The van der Waals surface area contributed by atoms with Crippen LogP contribution >= 0.6 is 22.9 Å². The molecular formula is C11H12ClNO2S2. The van der Waals surface area contributed by atoms with E-state index in [4.69, 9.17) is 11.6 Å². The zero-order valence-corrected chi connectivity index (χ0v) is 11.6. The van der Waals surface area contributed by atoms with E-state index < -0.39 is 15.2 Å². The molecule has 1 atom stereocenters. The molecule has 92 valence electrons. The molecule has 0 saturated carbocycles. The SMILES string of the molecule is CS(=O)(=O)CC(Cl)Cc1nc2ccccc2s1. The number of benzene rings is 1. The van der Waals surface area contributed by atoms with Gasteiger partial charge in [-0.3, -0.25) is 0 Å². The summed E-state index contributed by atoms with van der Waals surface area (Å²) in [5, 5.41) is 0.473. The fraction of sp³-hybridized carbons (Fsp3) is 0.364. The predicted molar refractivity (Wildman–Crippen MR) is 72.7 cm³/mol. The molecule has 1 unspecified atom stereocenters. The Hall–Kier alpha value is -0.650. The van der Waals surface area contributed by atoms with E-state index in [-0.39, 0.29) is 5.75 Å². The van der Waals surface area contributed by atoms with E-state index in [1.54, 1.807) is 11.3 Å². The van der Waals surface area contributed by atoms with Crippen molar-refractivity contribution in [2.24, 2.45) is 0 Å². The lowest BCUT2D eigenvalue weighted by molar-refractivity contribution is 0.599. The van der Waals surface area contributed by atoms with E-state index in [9.17, 15) is 8.42 Å². The Morgan fingerprint density at radius 1 is 1.41 bits per heavy atom. The molecule has 0 radical (unpaired) electrons. The number of thiazole rings is 1. The van der Waals surface area contributed by atoms with Crippen LogP contribution in [0.15, 0.2) is 24.3 Å². The number of nitrogens with zero attached hydrogens (tertiary/aromatic N) is 1. The summed E-state index contributed by atoms with van der Waals surface area (Å²) in [7, 11) is -3.03. The van der Waals surface area contributed by atoms with Crippen molar-refractivity contribution in [1.82, 2.24) is 4.98 Å². The summed E-state index contributed by atoms with van der Waals surface area (Å²) >= 11 is 7.58. The number of hydrogen-bond donors (Lipinski definition) is 0. The summed E-state index contributed by atoms with van der Waals surface area (Å²) in [6, 6.07) is 7.82. The summed E-state index contributed by atoms with van der Waals surface area (Å²) in [6.45, 7) is 0. The highest BCUT2D eigenvalue weighted by Gasteiger charge is 2.15. The molecule has 0 spiro atoms. The van der Waals surface area contributed by atoms with Crippen LogP contribution in [-0.4, -0.2) is 30.8 Å². The van der Waals surface area contributed by atoms with Crippen molar-refractivity contribution < 1.29 is 8.42 Å². The smallest absolute Gasteiger partial charge is 0.148 e. The van der Waals surface area contributed by atoms with Crippen LogP contribution in [0.3, 0.4) is 0 Å². The molecule has 1 aromatic heterocycles. The second-order valence-corrected chi connectivity index (χ2v) is 7.89. The Morgan fingerprint density at radius 3 is 2.76 bits per heavy atom. The van der Waals surface area contributed by atoms with Crippen LogP contribution in [0.5, 0.6) is 0 Å². The van der Waals surface area contributed by atoms with Gasteiger partial charge in [0.2, 0.25) is 0 Å². The lowest BCUT2D eigenvalue weighted by atomic mass is 10.3. The first-order chi connectivity index (χ1) is 7.94. The molecule has 0 fully saturated rings. The van der Waals surface area contributed by atoms with E-state index >= 15 is 0 Å². The molecule has 3 nitrogen and oxygen atoms in total. The largest absolute Gasteiger partial charge is 0.241 e. The van der Waals surface area contributed by atoms with Gasteiger partial charge in [-0.1, -0.05) is 12.1 Å². The lowest BCUT2D eigenvalue weighted by Crippen LogP contribution is -2.16. The number of rotatable bonds is 4. The Labute approximate surface area is 109 Å². The van der Waals surface area contributed by atoms with Gasteiger partial charge in [0.15, 0.2) is 0 Å². The van der Waals surface area contributed by atoms with E-state index in [1.165, 1.54) is 6.26 Å². The van der Waals surface area contributed by atoms with Gasteiger partial charge in [0.05, 0.1) is 26.4 Å². The van der Waals surface area contributed by atoms with Crippen LogP contribution in [-0.2, 0) is 16.3 Å². The summed E-state index contributed by atoms with van der Waals surface area (Å²) in [5.74, 6) is -0.00944. The second kappa shape index (κ2) is 4.92. The van der Waals surface area contributed by atoms with Gasteiger partial charge in [0.25, 0.3) is 0 Å². The van der Waals surface area contributed by atoms with Crippen molar-refractivity contribution in [2.75, 3.05) is 12.0 Å². The van der Waals surface area contributed by atoms with Crippen molar-refractivity contribution in [3.05, 3.63) is 29.3 Å². The number of para-hydroxylation sites is 1. The summed E-state index contributed by atoms with van der Waals surface area (Å²) in [5.41, 5.74) is 0.940. The second-order valence-electron chi connectivity index (χ2n) is 3.97. The maximum Gasteiger partial charge on any atom is 0.148 e. The third kappa shape index (κ3) is 3.66. The Morgan fingerprint density at radius 2 is 2.12 bits per heavy atom. The van der Waals surface area contributed by atoms with Crippen molar-refractivity contribution in [1.29, 1.82) is 0 Å². The third-order valence-electron chi connectivity index (χ3n) is 2.22. The number of halogens is 1. The third-order valence-corrected chi connectivity index (χ3v) is 4.78. The molecule has 6 heteroatoms. The van der Waals surface area contributed by atoms with Crippen molar-refractivity contribution in [3.8, 4) is 0 Å². The van der Waals surface area contributed by atoms with Gasteiger partial charge in [0, 0.05) is 12.7 Å². The van der Waals surface area contributed by atoms with E-state index in [0.717, 1.165) is 15.2 Å². The molecular weight excluding hydrogens is 278 g/mol. The van der Waals surface area contributed by atoms with Crippen LogP contribution in [0, 0.1) is 0 Å². The number of sulfone groups is 1. The fourth-order valence-corrected chi connectivity index (χ4v) is 4.33. The highest BCUT2D eigenvalue weighted by Crippen LogP contribution is 2.23. The molecule has 0 aliphatic heterocycles. The van der Waals surface area contributed by atoms with Gasteiger partial charge >= 0.3 is 0 Å². The topological polar surface area (TPSA) is 47.0 Å². The summed E-state index contributed by atoms with van der Waals surface area (Å²) < 4.78 is 23.3. The highest BCUT2D eigenvalue weighted by molar-refractivity contribution is 7.90. The molecule has 0 saturated heterocycles. The molecule has 0 aliphatic rings. The van der Waals surface area contributed by atoms with Crippen molar-refractivity contribution in [2.45, 2.75) is 11.8 Å². The van der Waals surface area contributed by atoms with Crippen molar-refractivity contribution in [3.63, 3.8) is 0 Å². The first-order valence-corrected chi connectivity index (χ1v) is 8.41. The lowest BCUT2D eigenvalue weighted by Gasteiger charge is -2.04. The monoisotopic (exact) mass is 289 g/mol. The first kappa shape index (κ1) is 12.8. The van der Waals surface area contributed by atoms with E-state index in [1.807, 2.05) is 24.3 Å². The quantitative estimate of drug-likeness (QED) is 0.813. The standard InChI is InChI=1S/C11H12ClNO2S2/c1-17(14,15)7-8(12)6-11-13-9-4-2-3-5-10(9)16-11/h2-5,8H,6-7H2,1H3. The Bertz CT molecular complexity index is 588. The molecule has 1 heterocycles. The zero-order valence-electron chi connectivity index (χ0n) is 9.26. The van der Waals surface area contributed by atoms with Gasteiger partial charge in [-0.15, -0.1) is 22.9 Å². The molecule has 0 amide bonds. The normalized spacial score (nSPS) is 14.0. The van der Waals surface area contributed by atoms with Gasteiger partial charge < -0.3 is 0 Å². The zero-order chi connectivity index (χ0) is 12.5. The van der Waals surface area contributed by atoms with Crippen LogP contribution in [0.2, 0.25) is 0 Å². The van der Waals surface area contributed by atoms with Gasteiger partial charge in [-0.2, -0.15) is 0 Å². The number of aromatic nitrogens is 1.